The van der Waals surface area contributed by atoms with Crippen LogP contribution in [0.25, 0.3) is 22.0 Å². The Kier molecular flexibility index (Phi) is 7.47. The number of aliphatic hydroxyl groups is 1. The summed E-state index contributed by atoms with van der Waals surface area (Å²) < 4.78 is 6.23. The largest absolute Gasteiger partial charge is 0.481 e. The SMILES string of the molecule is COc1ccc(-c2ccc(CC[C@H](O)[C@@H](CCn3nnc4ccccc4c3=O)C(=O)O)cc2)cn1. The summed E-state index contributed by atoms with van der Waals surface area (Å²) in [6.45, 7) is 0.0509. The predicted octanol–water partition coefficient (Wildman–Crippen LogP) is 2.95. The number of carboxylic acids is 1. The maximum atomic E-state index is 12.6. The molecule has 2 heterocycles. The highest BCUT2D eigenvalue weighted by Gasteiger charge is 2.26. The molecule has 9 heteroatoms. The molecule has 0 fully saturated rings. The summed E-state index contributed by atoms with van der Waals surface area (Å²) in [5.41, 5.74) is 3.08. The summed E-state index contributed by atoms with van der Waals surface area (Å²) in [7, 11) is 1.57. The number of aliphatic carboxylic acids is 1. The zero-order valence-corrected chi connectivity index (χ0v) is 19.2. The topological polar surface area (TPSA) is 127 Å². The lowest BCUT2D eigenvalue weighted by atomic mass is 9.93. The van der Waals surface area contributed by atoms with Gasteiger partial charge < -0.3 is 14.9 Å². The second-order valence-corrected chi connectivity index (χ2v) is 8.26. The third-order valence-corrected chi connectivity index (χ3v) is 6.02. The molecule has 9 nitrogen and oxygen atoms in total. The molecule has 0 aliphatic heterocycles. The maximum Gasteiger partial charge on any atom is 0.309 e. The quantitative estimate of drug-likeness (QED) is 0.359. The normalized spacial score (nSPS) is 12.9. The molecule has 2 N–H and O–H groups in total. The van der Waals surface area contributed by atoms with Crippen molar-refractivity contribution < 1.29 is 19.7 Å². The molecular weight excluding hydrogens is 448 g/mol. The average Bonchev–Trinajstić information content (AvgIpc) is 2.89. The number of benzene rings is 2. The van der Waals surface area contributed by atoms with Gasteiger partial charge in [0.15, 0.2) is 0 Å². The van der Waals surface area contributed by atoms with Gasteiger partial charge in [-0.15, -0.1) is 5.10 Å². The van der Waals surface area contributed by atoms with Gasteiger partial charge in [-0.1, -0.05) is 41.6 Å². The Morgan fingerprint density at radius 2 is 1.77 bits per heavy atom. The Balaban J connectivity index is 1.36. The fourth-order valence-corrected chi connectivity index (χ4v) is 3.96. The van der Waals surface area contributed by atoms with E-state index >= 15 is 0 Å². The number of aliphatic hydroxyl groups excluding tert-OH is 1. The minimum atomic E-state index is -1.11. The molecule has 0 aliphatic rings. The Morgan fingerprint density at radius 3 is 2.46 bits per heavy atom. The zero-order chi connectivity index (χ0) is 24.8. The third-order valence-electron chi connectivity index (χ3n) is 6.02. The van der Waals surface area contributed by atoms with E-state index in [-0.39, 0.29) is 24.9 Å². The van der Waals surface area contributed by atoms with Crippen LogP contribution in [0.1, 0.15) is 18.4 Å². The average molecular weight is 475 g/mol. The van der Waals surface area contributed by atoms with Gasteiger partial charge in [0.2, 0.25) is 5.88 Å². The minimum Gasteiger partial charge on any atom is -0.481 e. The molecule has 0 unspecified atom stereocenters. The van der Waals surface area contributed by atoms with Crippen LogP contribution in [0, 0.1) is 5.92 Å². The number of rotatable bonds is 10. The van der Waals surface area contributed by atoms with Crippen LogP contribution in [0.2, 0.25) is 0 Å². The maximum absolute atomic E-state index is 12.6. The van der Waals surface area contributed by atoms with E-state index in [0.717, 1.165) is 21.4 Å². The van der Waals surface area contributed by atoms with Gasteiger partial charge in [0, 0.05) is 24.4 Å². The van der Waals surface area contributed by atoms with Crippen LogP contribution in [0.5, 0.6) is 5.88 Å². The highest BCUT2D eigenvalue weighted by Crippen LogP contribution is 2.22. The number of hydrogen-bond acceptors (Lipinski definition) is 7. The highest BCUT2D eigenvalue weighted by atomic mass is 16.5. The molecular formula is C26H26N4O5. The lowest BCUT2D eigenvalue weighted by Crippen LogP contribution is -2.32. The number of carbonyl (C=O) groups is 1. The molecule has 35 heavy (non-hydrogen) atoms. The number of carboxylic acid groups (broad SMARTS) is 1. The van der Waals surface area contributed by atoms with Gasteiger partial charge in [-0.25, -0.2) is 9.67 Å². The van der Waals surface area contributed by atoms with E-state index in [1.165, 1.54) is 0 Å². The second-order valence-electron chi connectivity index (χ2n) is 8.26. The molecule has 4 rings (SSSR count). The first-order chi connectivity index (χ1) is 17.0. The van der Waals surface area contributed by atoms with Crippen LogP contribution in [0.4, 0.5) is 0 Å². The fourth-order valence-electron chi connectivity index (χ4n) is 3.96. The third kappa shape index (κ3) is 5.70. The van der Waals surface area contributed by atoms with Crippen molar-refractivity contribution in [3.63, 3.8) is 0 Å². The molecule has 0 bridgehead atoms. The Labute approximate surface area is 201 Å². The van der Waals surface area contributed by atoms with Crippen LogP contribution < -0.4 is 10.3 Å². The van der Waals surface area contributed by atoms with Crippen molar-refractivity contribution in [1.82, 2.24) is 20.0 Å². The molecule has 2 aromatic heterocycles. The first-order valence-electron chi connectivity index (χ1n) is 11.3. The van der Waals surface area contributed by atoms with E-state index in [9.17, 15) is 19.8 Å². The Hall–Kier alpha value is -4.11. The molecule has 180 valence electrons. The first-order valence-corrected chi connectivity index (χ1v) is 11.3. The number of fused-ring (bicyclic) bond motifs is 1. The Bertz CT molecular complexity index is 1350. The van der Waals surface area contributed by atoms with Gasteiger partial charge in [0.05, 0.1) is 24.5 Å². The standard InChI is InChI=1S/C26H26N4O5/c1-35-24-13-11-19(16-27-24)18-9-6-17(7-10-18)8-12-23(31)21(26(33)34)14-15-30-25(32)20-4-2-3-5-22(20)28-29-30/h2-7,9-11,13,16,21,23,31H,8,12,14-15H2,1H3,(H,33,34)/t21-,23+/m1/s1. The van der Waals surface area contributed by atoms with Crippen LogP contribution in [0.15, 0.2) is 71.7 Å². The number of methoxy groups -OCH3 is 1. The molecule has 2 atom stereocenters. The van der Waals surface area contributed by atoms with Crippen molar-refractivity contribution in [3.05, 3.63) is 82.8 Å². The van der Waals surface area contributed by atoms with Crippen molar-refractivity contribution in [3.8, 4) is 17.0 Å². The second kappa shape index (κ2) is 10.9. The van der Waals surface area contributed by atoms with E-state index in [0.29, 0.717) is 23.2 Å². The zero-order valence-electron chi connectivity index (χ0n) is 19.2. The monoisotopic (exact) mass is 474 g/mol. The van der Waals surface area contributed by atoms with Gasteiger partial charge in [-0.2, -0.15) is 0 Å². The van der Waals surface area contributed by atoms with Crippen LogP contribution in [-0.4, -0.2) is 49.4 Å². The van der Waals surface area contributed by atoms with E-state index in [1.54, 1.807) is 43.6 Å². The number of ether oxygens (including phenoxy) is 1. The molecule has 0 aliphatic carbocycles. The van der Waals surface area contributed by atoms with Gasteiger partial charge >= 0.3 is 5.97 Å². The minimum absolute atomic E-state index is 0.0509. The molecule has 0 spiro atoms. The number of nitrogens with zero attached hydrogens (tertiary/aromatic N) is 4. The molecule has 2 aromatic carbocycles. The Morgan fingerprint density at radius 1 is 1.03 bits per heavy atom. The van der Waals surface area contributed by atoms with Crippen molar-refractivity contribution in [2.45, 2.75) is 31.9 Å². The number of hydrogen-bond donors (Lipinski definition) is 2. The van der Waals surface area contributed by atoms with Gasteiger partial charge in [0.25, 0.3) is 5.56 Å². The van der Waals surface area contributed by atoms with Crippen molar-refractivity contribution in [1.29, 1.82) is 0 Å². The van der Waals surface area contributed by atoms with Gasteiger partial charge in [0.1, 0.15) is 5.52 Å². The van der Waals surface area contributed by atoms with E-state index < -0.39 is 18.0 Å². The first kappa shape index (κ1) is 24.0. The predicted molar refractivity (Wildman–Crippen MR) is 130 cm³/mol. The summed E-state index contributed by atoms with van der Waals surface area (Å²) in [4.78, 5) is 28.6. The summed E-state index contributed by atoms with van der Waals surface area (Å²) in [6.07, 6.45) is 1.52. The van der Waals surface area contributed by atoms with Gasteiger partial charge in [-0.3, -0.25) is 9.59 Å². The van der Waals surface area contributed by atoms with E-state index in [4.69, 9.17) is 4.74 Å². The highest BCUT2D eigenvalue weighted by molar-refractivity contribution is 5.76. The summed E-state index contributed by atoms with van der Waals surface area (Å²) >= 11 is 0. The summed E-state index contributed by atoms with van der Waals surface area (Å²) in [5, 5.41) is 28.6. The molecule has 0 saturated heterocycles. The number of pyridine rings is 1. The van der Waals surface area contributed by atoms with Gasteiger partial charge in [-0.05, 0) is 48.6 Å². The molecule has 4 aromatic rings. The smallest absolute Gasteiger partial charge is 0.309 e. The molecule has 0 radical (unpaired) electrons. The fraction of sp³-hybridized carbons (Fsp3) is 0.269. The van der Waals surface area contributed by atoms with Crippen LogP contribution in [-0.2, 0) is 17.8 Å². The lowest BCUT2D eigenvalue weighted by Gasteiger charge is -2.19. The van der Waals surface area contributed by atoms with Crippen molar-refractivity contribution >= 4 is 16.9 Å². The summed E-state index contributed by atoms with van der Waals surface area (Å²) in [6, 6.07) is 18.4. The molecule has 0 saturated carbocycles. The summed E-state index contributed by atoms with van der Waals surface area (Å²) in [5.74, 6) is -1.59. The molecule has 0 amide bonds. The van der Waals surface area contributed by atoms with E-state index in [1.807, 2.05) is 30.3 Å². The van der Waals surface area contributed by atoms with E-state index in [2.05, 4.69) is 15.3 Å². The van der Waals surface area contributed by atoms with Crippen LogP contribution >= 0.6 is 0 Å². The van der Waals surface area contributed by atoms with Crippen molar-refractivity contribution in [2.75, 3.05) is 7.11 Å². The van der Waals surface area contributed by atoms with Crippen molar-refractivity contribution in [2.24, 2.45) is 5.92 Å². The number of aryl methyl sites for hydroxylation is 2. The lowest BCUT2D eigenvalue weighted by molar-refractivity contribution is -0.146. The number of aromatic nitrogens is 4. The van der Waals surface area contributed by atoms with Crippen LogP contribution in [0.3, 0.4) is 0 Å².